The summed E-state index contributed by atoms with van der Waals surface area (Å²) in [6, 6.07) is 9.08. The number of aliphatic imine (C=N–C) groups is 1. The summed E-state index contributed by atoms with van der Waals surface area (Å²) in [6.45, 7) is 1.12. The SMILES string of the molecule is CN=C(NCCc1ccccn1)NCc1ccc(C(N)=O)o1.I. The van der Waals surface area contributed by atoms with Gasteiger partial charge < -0.3 is 20.8 Å². The molecule has 2 aromatic rings. The molecule has 2 rings (SSSR count). The first-order valence-electron chi connectivity index (χ1n) is 6.92. The number of carbonyl (C=O) groups excluding carboxylic acids is 1. The highest BCUT2D eigenvalue weighted by molar-refractivity contribution is 14.0. The van der Waals surface area contributed by atoms with Crippen LogP contribution in [-0.4, -0.2) is 30.4 Å². The molecule has 0 atom stereocenters. The largest absolute Gasteiger partial charge is 0.454 e. The number of furan rings is 1. The minimum Gasteiger partial charge on any atom is -0.454 e. The molecule has 0 saturated carbocycles. The zero-order valence-corrected chi connectivity index (χ0v) is 15.1. The molecule has 2 aromatic heterocycles. The van der Waals surface area contributed by atoms with Gasteiger partial charge in [0.1, 0.15) is 5.76 Å². The summed E-state index contributed by atoms with van der Waals surface area (Å²) in [5.41, 5.74) is 6.15. The number of nitrogens with zero attached hydrogens (tertiary/aromatic N) is 2. The number of carbonyl (C=O) groups is 1. The average molecular weight is 429 g/mol. The fourth-order valence-electron chi connectivity index (χ4n) is 1.85. The smallest absolute Gasteiger partial charge is 0.284 e. The number of aromatic nitrogens is 1. The third-order valence-electron chi connectivity index (χ3n) is 2.96. The zero-order valence-electron chi connectivity index (χ0n) is 12.8. The lowest BCUT2D eigenvalue weighted by atomic mass is 10.3. The number of rotatable bonds is 6. The van der Waals surface area contributed by atoms with Gasteiger partial charge in [0.25, 0.3) is 5.91 Å². The maximum absolute atomic E-state index is 11.0. The van der Waals surface area contributed by atoms with E-state index >= 15 is 0 Å². The lowest BCUT2D eigenvalue weighted by Crippen LogP contribution is -2.37. The number of hydrogen-bond acceptors (Lipinski definition) is 4. The van der Waals surface area contributed by atoms with Gasteiger partial charge in [0.05, 0.1) is 6.54 Å². The molecular formula is C15H20IN5O2. The van der Waals surface area contributed by atoms with Gasteiger partial charge in [-0.15, -0.1) is 24.0 Å². The molecule has 0 aliphatic rings. The van der Waals surface area contributed by atoms with Crippen LogP contribution in [0.5, 0.6) is 0 Å². The molecule has 0 aliphatic carbocycles. The fraction of sp³-hybridized carbons (Fsp3) is 0.267. The predicted octanol–water partition coefficient (Wildman–Crippen LogP) is 1.30. The minimum absolute atomic E-state index is 0. The van der Waals surface area contributed by atoms with Crippen molar-refractivity contribution in [1.29, 1.82) is 0 Å². The summed E-state index contributed by atoms with van der Waals surface area (Å²) in [4.78, 5) is 19.3. The van der Waals surface area contributed by atoms with Gasteiger partial charge in [-0.05, 0) is 24.3 Å². The highest BCUT2D eigenvalue weighted by atomic mass is 127. The lowest BCUT2D eigenvalue weighted by Gasteiger charge is -2.10. The Balaban J connectivity index is 0.00000264. The Hall–Kier alpha value is -2.10. The van der Waals surface area contributed by atoms with Gasteiger partial charge >= 0.3 is 0 Å². The Morgan fingerprint density at radius 1 is 1.30 bits per heavy atom. The molecule has 4 N–H and O–H groups in total. The second kappa shape index (κ2) is 9.82. The molecule has 0 fully saturated rings. The monoisotopic (exact) mass is 429 g/mol. The van der Waals surface area contributed by atoms with E-state index in [-0.39, 0.29) is 29.7 Å². The molecule has 8 heteroatoms. The van der Waals surface area contributed by atoms with Crippen LogP contribution in [0.25, 0.3) is 0 Å². The normalized spacial score (nSPS) is 10.7. The molecule has 0 unspecified atom stereocenters. The lowest BCUT2D eigenvalue weighted by molar-refractivity contribution is 0.0972. The van der Waals surface area contributed by atoms with Crippen molar-refractivity contribution in [1.82, 2.24) is 15.6 Å². The number of primary amides is 1. The molecule has 7 nitrogen and oxygen atoms in total. The fourth-order valence-corrected chi connectivity index (χ4v) is 1.85. The molecule has 124 valence electrons. The summed E-state index contributed by atoms with van der Waals surface area (Å²) < 4.78 is 5.28. The molecular weight excluding hydrogens is 409 g/mol. The Labute approximate surface area is 151 Å². The van der Waals surface area contributed by atoms with Crippen molar-refractivity contribution in [2.75, 3.05) is 13.6 Å². The van der Waals surface area contributed by atoms with Gasteiger partial charge in [0.15, 0.2) is 11.7 Å². The van der Waals surface area contributed by atoms with E-state index in [0.717, 1.165) is 12.1 Å². The number of amides is 1. The molecule has 23 heavy (non-hydrogen) atoms. The molecule has 0 spiro atoms. The van der Waals surface area contributed by atoms with Crippen molar-refractivity contribution in [3.8, 4) is 0 Å². The van der Waals surface area contributed by atoms with Crippen molar-refractivity contribution >= 4 is 35.8 Å². The first-order chi connectivity index (χ1) is 10.7. The van der Waals surface area contributed by atoms with Gasteiger partial charge in [0, 0.05) is 31.9 Å². The molecule has 0 aromatic carbocycles. The predicted molar refractivity (Wildman–Crippen MR) is 98.8 cm³/mol. The Bertz CT molecular complexity index is 642. The van der Waals surface area contributed by atoms with E-state index in [1.165, 1.54) is 0 Å². The molecule has 0 aliphatic heterocycles. The number of hydrogen-bond donors (Lipinski definition) is 3. The van der Waals surface area contributed by atoms with E-state index in [4.69, 9.17) is 10.2 Å². The van der Waals surface area contributed by atoms with Crippen molar-refractivity contribution in [3.05, 3.63) is 53.7 Å². The standard InChI is InChI=1S/C15H19N5O2.HI/c1-17-15(19-9-7-11-4-2-3-8-18-11)20-10-12-5-6-13(22-12)14(16)21;/h2-6,8H,7,9-10H2,1H3,(H2,16,21)(H2,17,19,20);1H. The van der Waals surface area contributed by atoms with E-state index in [2.05, 4.69) is 20.6 Å². The second-order valence-electron chi connectivity index (χ2n) is 4.55. The van der Waals surface area contributed by atoms with Crippen LogP contribution in [0.2, 0.25) is 0 Å². The van der Waals surface area contributed by atoms with Crippen LogP contribution in [0.4, 0.5) is 0 Å². The third kappa shape index (κ3) is 6.27. The van der Waals surface area contributed by atoms with E-state index in [9.17, 15) is 4.79 Å². The van der Waals surface area contributed by atoms with Gasteiger partial charge in [-0.25, -0.2) is 0 Å². The summed E-state index contributed by atoms with van der Waals surface area (Å²) in [6.07, 6.45) is 2.57. The van der Waals surface area contributed by atoms with Gasteiger partial charge in [-0.1, -0.05) is 6.07 Å². The van der Waals surface area contributed by atoms with E-state index < -0.39 is 5.91 Å². The maximum Gasteiger partial charge on any atom is 0.284 e. The molecule has 0 radical (unpaired) electrons. The van der Waals surface area contributed by atoms with Crippen molar-refractivity contribution in [3.63, 3.8) is 0 Å². The summed E-state index contributed by atoms with van der Waals surface area (Å²) in [5, 5.41) is 6.28. The number of nitrogens with two attached hydrogens (primary N) is 1. The third-order valence-corrected chi connectivity index (χ3v) is 2.96. The number of nitrogens with one attached hydrogen (secondary N) is 2. The number of halogens is 1. The van der Waals surface area contributed by atoms with Crippen LogP contribution in [0.3, 0.4) is 0 Å². The Kier molecular flexibility index (Phi) is 8.09. The van der Waals surface area contributed by atoms with E-state index in [0.29, 0.717) is 24.8 Å². The van der Waals surface area contributed by atoms with Gasteiger partial charge in [-0.2, -0.15) is 0 Å². The van der Waals surface area contributed by atoms with Crippen LogP contribution in [0, 0.1) is 0 Å². The first-order valence-corrected chi connectivity index (χ1v) is 6.92. The van der Waals surface area contributed by atoms with Crippen LogP contribution in [0.15, 0.2) is 45.9 Å². The molecule has 0 saturated heterocycles. The maximum atomic E-state index is 11.0. The quantitative estimate of drug-likeness (QED) is 0.365. The highest BCUT2D eigenvalue weighted by Crippen LogP contribution is 2.06. The van der Waals surface area contributed by atoms with E-state index in [1.807, 2.05) is 18.2 Å². The van der Waals surface area contributed by atoms with Crippen LogP contribution >= 0.6 is 24.0 Å². The van der Waals surface area contributed by atoms with Gasteiger partial charge in [0.2, 0.25) is 0 Å². The van der Waals surface area contributed by atoms with Crippen LogP contribution < -0.4 is 16.4 Å². The first kappa shape index (κ1) is 18.9. The summed E-state index contributed by atoms with van der Waals surface area (Å²) in [5.74, 6) is 0.827. The number of guanidine groups is 1. The van der Waals surface area contributed by atoms with Crippen molar-refractivity contribution in [2.24, 2.45) is 10.7 Å². The van der Waals surface area contributed by atoms with E-state index in [1.54, 1.807) is 25.4 Å². The highest BCUT2D eigenvalue weighted by Gasteiger charge is 2.07. The second-order valence-corrected chi connectivity index (χ2v) is 4.55. The minimum atomic E-state index is -0.580. The van der Waals surface area contributed by atoms with Crippen LogP contribution in [0.1, 0.15) is 22.0 Å². The summed E-state index contributed by atoms with van der Waals surface area (Å²) >= 11 is 0. The molecule has 1 amide bonds. The molecule has 0 bridgehead atoms. The summed E-state index contributed by atoms with van der Waals surface area (Å²) in [7, 11) is 1.69. The Morgan fingerprint density at radius 3 is 2.74 bits per heavy atom. The number of pyridine rings is 1. The van der Waals surface area contributed by atoms with Gasteiger partial charge in [-0.3, -0.25) is 14.8 Å². The average Bonchev–Trinajstić information content (AvgIpc) is 3.01. The molecule has 2 heterocycles. The zero-order chi connectivity index (χ0) is 15.8. The van der Waals surface area contributed by atoms with Crippen molar-refractivity contribution in [2.45, 2.75) is 13.0 Å². The van der Waals surface area contributed by atoms with Crippen LogP contribution in [-0.2, 0) is 13.0 Å². The Morgan fingerprint density at radius 2 is 2.13 bits per heavy atom. The van der Waals surface area contributed by atoms with Crippen molar-refractivity contribution < 1.29 is 9.21 Å². The topological polar surface area (TPSA) is 106 Å².